The van der Waals surface area contributed by atoms with Crippen LogP contribution in [-0.2, 0) is 4.79 Å². The van der Waals surface area contributed by atoms with Gasteiger partial charge in [-0.05, 0) is 38.4 Å². The fourth-order valence-electron chi connectivity index (χ4n) is 1.87. The summed E-state index contributed by atoms with van der Waals surface area (Å²) in [5, 5.41) is 12.5. The first-order valence-corrected chi connectivity index (χ1v) is 6.74. The molecule has 1 atom stereocenters. The van der Waals surface area contributed by atoms with Crippen LogP contribution in [-0.4, -0.2) is 36.8 Å². The van der Waals surface area contributed by atoms with Crippen LogP contribution in [0.3, 0.4) is 0 Å². The molecule has 0 spiro atoms. The van der Waals surface area contributed by atoms with Crippen molar-refractivity contribution in [1.82, 2.24) is 5.32 Å². The molecule has 0 heterocycles. The van der Waals surface area contributed by atoms with Crippen LogP contribution in [0.5, 0.6) is 0 Å². The molecular weight excluding hydrogens is 240 g/mol. The molecule has 0 saturated carbocycles. The summed E-state index contributed by atoms with van der Waals surface area (Å²) in [5.41, 5.74) is 0.240. The van der Waals surface area contributed by atoms with E-state index in [0.29, 0.717) is 13.0 Å². The summed E-state index contributed by atoms with van der Waals surface area (Å²) in [5.74, 6) is -0.789. The Kier molecular flexibility index (Phi) is 5.83. The van der Waals surface area contributed by atoms with Crippen LogP contribution in [0.1, 0.15) is 26.7 Å². The zero-order valence-corrected chi connectivity index (χ0v) is 12.0. The number of carbonyl (C=O) groups is 1. The van der Waals surface area contributed by atoms with Gasteiger partial charge in [0.1, 0.15) is 5.54 Å². The maximum absolute atomic E-state index is 11.4. The van der Waals surface area contributed by atoms with E-state index in [4.69, 9.17) is 0 Å². The molecule has 2 N–H and O–H groups in total. The quantitative estimate of drug-likeness (QED) is 0.757. The molecule has 106 valence electrons. The molecule has 1 aromatic carbocycles. The normalized spacial score (nSPS) is 13.8. The van der Waals surface area contributed by atoms with Gasteiger partial charge in [0.15, 0.2) is 0 Å². The van der Waals surface area contributed by atoms with Crippen molar-refractivity contribution in [2.24, 2.45) is 0 Å². The summed E-state index contributed by atoms with van der Waals surface area (Å²) in [6.07, 6.45) is 1.49. The zero-order valence-electron chi connectivity index (χ0n) is 12.0. The molecule has 1 rings (SSSR count). The maximum Gasteiger partial charge on any atom is 0.323 e. The molecule has 0 saturated heterocycles. The van der Waals surface area contributed by atoms with E-state index in [1.807, 2.05) is 44.3 Å². The van der Waals surface area contributed by atoms with Crippen LogP contribution in [0.15, 0.2) is 30.3 Å². The second kappa shape index (κ2) is 7.14. The number of carboxylic acid groups (broad SMARTS) is 1. The van der Waals surface area contributed by atoms with Gasteiger partial charge < -0.3 is 15.3 Å². The molecule has 19 heavy (non-hydrogen) atoms. The maximum atomic E-state index is 11.4. The zero-order chi connectivity index (χ0) is 14.3. The van der Waals surface area contributed by atoms with Crippen molar-refractivity contribution in [3.63, 3.8) is 0 Å². The summed E-state index contributed by atoms with van der Waals surface area (Å²) < 4.78 is 0. The Morgan fingerprint density at radius 2 is 2.00 bits per heavy atom. The molecule has 0 radical (unpaired) electrons. The molecule has 0 aliphatic carbocycles. The Bertz CT molecular complexity index is 394. The number of hydrogen-bond donors (Lipinski definition) is 2. The van der Waals surface area contributed by atoms with Crippen LogP contribution in [0.2, 0.25) is 0 Å². The van der Waals surface area contributed by atoms with Crippen molar-refractivity contribution >= 4 is 11.7 Å². The lowest BCUT2D eigenvalue weighted by molar-refractivity contribution is -0.144. The van der Waals surface area contributed by atoms with Gasteiger partial charge in [-0.25, -0.2) is 0 Å². The van der Waals surface area contributed by atoms with Gasteiger partial charge in [-0.15, -0.1) is 0 Å². The van der Waals surface area contributed by atoms with Gasteiger partial charge in [0, 0.05) is 19.3 Å². The van der Waals surface area contributed by atoms with E-state index < -0.39 is 11.5 Å². The van der Waals surface area contributed by atoms with E-state index in [1.165, 1.54) is 0 Å². The fourth-order valence-corrected chi connectivity index (χ4v) is 1.87. The van der Waals surface area contributed by atoms with E-state index in [0.717, 1.165) is 18.7 Å². The summed E-state index contributed by atoms with van der Waals surface area (Å²) >= 11 is 0. The molecule has 4 nitrogen and oxygen atoms in total. The molecule has 0 aliphatic rings. The van der Waals surface area contributed by atoms with Gasteiger partial charge in [-0.3, -0.25) is 4.79 Å². The SMILES string of the molecule is CCCNC(C)(CCN(C)c1ccccc1)C(=O)O. The number of hydrogen-bond acceptors (Lipinski definition) is 3. The van der Waals surface area contributed by atoms with Crippen LogP contribution in [0.25, 0.3) is 0 Å². The predicted octanol–water partition coefficient (Wildman–Crippen LogP) is 2.36. The molecule has 1 aromatic rings. The van der Waals surface area contributed by atoms with Crippen molar-refractivity contribution < 1.29 is 9.90 Å². The van der Waals surface area contributed by atoms with Crippen molar-refractivity contribution in [1.29, 1.82) is 0 Å². The fraction of sp³-hybridized carbons (Fsp3) is 0.533. The molecule has 0 bridgehead atoms. The standard InChI is InChI=1S/C15H24N2O2/c1-4-11-16-15(2,14(18)19)10-12-17(3)13-8-6-5-7-9-13/h5-9,16H,4,10-12H2,1-3H3,(H,18,19). The smallest absolute Gasteiger partial charge is 0.323 e. The molecule has 0 aliphatic heterocycles. The minimum atomic E-state index is -0.862. The van der Waals surface area contributed by atoms with E-state index in [-0.39, 0.29) is 0 Å². The summed E-state index contributed by atoms with van der Waals surface area (Å²) in [6, 6.07) is 9.99. The first-order valence-electron chi connectivity index (χ1n) is 6.74. The predicted molar refractivity (Wildman–Crippen MR) is 78.7 cm³/mol. The summed E-state index contributed by atoms with van der Waals surface area (Å²) in [6.45, 7) is 5.20. The average molecular weight is 264 g/mol. The third kappa shape index (κ3) is 4.56. The van der Waals surface area contributed by atoms with E-state index in [2.05, 4.69) is 10.2 Å². The molecule has 0 amide bonds. The average Bonchev–Trinajstić information content (AvgIpc) is 2.43. The number of rotatable bonds is 8. The highest BCUT2D eigenvalue weighted by Gasteiger charge is 2.32. The Labute approximate surface area is 115 Å². The molecule has 1 unspecified atom stereocenters. The van der Waals surface area contributed by atoms with E-state index >= 15 is 0 Å². The van der Waals surface area contributed by atoms with Crippen molar-refractivity contribution in [2.45, 2.75) is 32.2 Å². The Hall–Kier alpha value is -1.55. The van der Waals surface area contributed by atoms with Gasteiger partial charge in [0.25, 0.3) is 0 Å². The molecule has 0 fully saturated rings. The van der Waals surface area contributed by atoms with Crippen molar-refractivity contribution in [3.8, 4) is 0 Å². The lowest BCUT2D eigenvalue weighted by Gasteiger charge is -2.29. The topological polar surface area (TPSA) is 52.6 Å². The van der Waals surface area contributed by atoms with Crippen LogP contribution < -0.4 is 10.2 Å². The Morgan fingerprint density at radius 3 is 2.53 bits per heavy atom. The summed E-state index contributed by atoms with van der Waals surface area (Å²) in [4.78, 5) is 13.5. The number of anilines is 1. The van der Waals surface area contributed by atoms with Crippen LogP contribution >= 0.6 is 0 Å². The second-order valence-electron chi connectivity index (χ2n) is 5.07. The minimum absolute atomic E-state index is 0.563. The van der Waals surface area contributed by atoms with Crippen LogP contribution in [0.4, 0.5) is 5.69 Å². The number of benzene rings is 1. The Balaban J connectivity index is 2.59. The number of nitrogens with one attached hydrogen (secondary N) is 1. The number of nitrogens with zero attached hydrogens (tertiary/aromatic N) is 1. The first-order chi connectivity index (χ1) is 8.99. The summed E-state index contributed by atoms with van der Waals surface area (Å²) in [7, 11) is 1.98. The highest BCUT2D eigenvalue weighted by molar-refractivity contribution is 5.78. The highest BCUT2D eigenvalue weighted by Crippen LogP contribution is 2.16. The van der Waals surface area contributed by atoms with Gasteiger partial charge in [-0.2, -0.15) is 0 Å². The monoisotopic (exact) mass is 264 g/mol. The van der Waals surface area contributed by atoms with Crippen molar-refractivity contribution in [2.75, 3.05) is 25.0 Å². The number of para-hydroxylation sites is 1. The van der Waals surface area contributed by atoms with Gasteiger partial charge in [0.05, 0.1) is 0 Å². The lowest BCUT2D eigenvalue weighted by atomic mass is 9.97. The number of aliphatic carboxylic acids is 1. The van der Waals surface area contributed by atoms with Crippen LogP contribution in [0, 0.1) is 0 Å². The number of carboxylic acids is 1. The minimum Gasteiger partial charge on any atom is -0.480 e. The largest absolute Gasteiger partial charge is 0.480 e. The molecule has 0 aromatic heterocycles. The third-order valence-corrected chi connectivity index (χ3v) is 3.38. The van der Waals surface area contributed by atoms with E-state index in [1.54, 1.807) is 6.92 Å². The highest BCUT2D eigenvalue weighted by atomic mass is 16.4. The van der Waals surface area contributed by atoms with E-state index in [9.17, 15) is 9.90 Å². The Morgan fingerprint density at radius 1 is 1.37 bits per heavy atom. The molecular formula is C15H24N2O2. The molecule has 4 heteroatoms. The van der Waals surface area contributed by atoms with Crippen molar-refractivity contribution in [3.05, 3.63) is 30.3 Å². The first kappa shape index (κ1) is 15.5. The van der Waals surface area contributed by atoms with Gasteiger partial charge >= 0.3 is 5.97 Å². The second-order valence-corrected chi connectivity index (χ2v) is 5.07. The third-order valence-electron chi connectivity index (χ3n) is 3.38. The van der Waals surface area contributed by atoms with Gasteiger partial charge in [0.2, 0.25) is 0 Å². The lowest BCUT2D eigenvalue weighted by Crippen LogP contribution is -2.51. The van der Waals surface area contributed by atoms with Gasteiger partial charge in [-0.1, -0.05) is 25.1 Å².